The fourth-order valence-corrected chi connectivity index (χ4v) is 2.78. The number of carbonyl (C=O) groups excluding carboxylic acids is 1. The highest BCUT2D eigenvalue weighted by Gasteiger charge is 2.06. The van der Waals surface area contributed by atoms with E-state index in [1.807, 2.05) is 0 Å². The monoisotopic (exact) mass is 295 g/mol. The lowest BCUT2D eigenvalue weighted by atomic mass is 9.97. The smallest absolute Gasteiger partial charge is 0.313 e. The molecule has 0 spiro atoms. The van der Waals surface area contributed by atoms with Crippen LogP contribution in [0.15, 0.2) is 12.1 Å². The van der Waals surface area contributed by atoms with E-state index < -0.39 is 5.97 Å². The molecule has 0 aromatic heterocycles. The van der Waals surface area contributed by atoms with Gasteiger partial charge in [0.15, 0.2) is 0 Å². The molecule has 2 N–H and O–H groups in total. The van der Waals surface area contributed by atoms with E-state index in [9.17, 15) is 9.59 Å². The van der Waals surface area contributed by atoms with Gasteiger partial charge in [0.05, 0.1) is 11.5 Å². The standard InChI is InChI=1S/C15H21NO3S/c1-10-6-11(2)13(12(3)7-10)4-5-16-14(17)8-20-9-15(18)19/h6-7H,4-5,8-9H2,1-3H3,(H,16,17)(H,18,19). The molecule has 0 aliphatic rings. The number of hydrogen-bond donors (Lipinski definition) is 2. The van der Waals surface area contributed by atoms with Gasteiger partial charge in [-0.2, -0.15) is 0 Å². The van der Waals surface area contributed by atoms with Crippen LogP contribution in [0.5, 0.6) is 0 Å². The van der Waals surface area contributed by atoms with Crippen molar-refractivity contribution in [1.29, 1.82) is 0 Å². The third kappa shape index (κ3) is 5.65. The predicted octanol–water partition coefficient (Wildman–Crippen LogP) is 2.09. The fraction of sp³-hybridized carbons (Fsp3) is 0.467. The van der Waals surface area contributed by atoms with Crippen molar-refractivity contribution in [3.63, 3.8) is 0 Å². The topological polar surface area (TPSA) is 66.4 Å². The molecule has 1 aromatic rings. The number of carbonyl (C=O) groups is 2. The van der Waals surface area contributed by atoms with Crippen molar-refractivity contribution in [3.8, 4) is 0 Å². The molecule has 0 unspecified atom stereocenters. The number of rotatable bonds is 7. The minimum absolute atomic E-state index is 0.0381. The molecule has 0 bridgehead atoms. The van der Waals surface area contributed by atoms with Crippen LogP contribution in [0.1, 0.15) is 22.3 Å². The molecule has 0 heterocycles. The Hall–Kier alpha value is -1.49. The van der Waals surface area contributed by atoms with E-state index in [0.717, 1.165) is 18.2 Å². The van der Waals surface area contributed by atoms with Gasteiger partial charge in [-0.25, -0.2) is 0 Å². The number of carboxylic acid groups (broad SMARTS) is 1. The van der Waals surface area contributed by atoms with Crippen molar-refractivity contribution in [2.24, 2.45) is 0 Å². The molecule has 0 saturated carbocycles. The molecular formula is C15H21NO3S. The highest BCUT2D eigenvalue weighted by molar-refractivity contribution is 8.00. The maximum atomic E-state index is 11.5. The maximum Gasteiger partial charge on any atom is 0.313 e. The minimum atomic E-state index is -0.895. The first-order chi connectivity index (χ1) is 9.40. The molecule has 0 radical (unpaired) electrons. The summed E-state index contributed by atoms with van der Waals surface area (Å²) < 4.78 is 0. The van der Waals surface area contributed by atoms with Crippen LogP contribution in [0.3, 0.4) is 0 Å². The molecule has 5 heteroatoms. The van der Waals surface area contributed by atoms with Crippen molar-refractivity contribution >= 4 is 23.6 Å². The molecule has 0 saturated heterocycles. The Balaban J connectivity index is 2.37. The average molecular weight is 295 g/mol. The first-order valence-electron chi connectivity index (χ1n) is 6.53. The lowest BCUT2D eigenvalue weighted by molar-refractivity contribution is -0.133. The number of hydrogen-bond acceptors (Lipinski definition) is 3. The molecule has 0 atom stereocenters. The lowest BCUT2D eigenvalue weighted by Gasteiger charge is -2.12. The Bertz CT molecular complexity index is 477. The lowest BCUT2D eigenvalue weighted by Crippen LogP contribution is -2.28. The van der Waals surface area contributed by atoms with Gasteiger partial charge >= 0.3 is 5.97 Å². The van der Waals surface area contributed by atoms with Crippen LogP contribution in [-0.4, -0.2) is 35.0 Å². The number of thioether (sulfide) groups is 1. The average Bonchev–Trinajstić information content (AvgIpc) is 2.32. The van der Waals surface area contributed by atoms with Gasteiger partial charge in [0.2, 0.25) is 5.91 Å². The van der Waals surface area contributed by atoms with Gasteiger partial charge in [0, 0.05) is 6.54 Å². The first-order valence-corrected chi connectivity index (χ1v) is 7.68. The third-order valence-electron chi connectivity index (χ3n) is 3.00. The van der Waals surface area contributed by atoms with Crippen molar-refractivity contribution in [1.82, 2.24) is 5.32 Å². The molecule has 0 aliphatic heterocycles. The molecule has 4 nitrogen and oxygen atoms in total. The van der Waals surface area contributed by atoms with E-state index >= 15 is 0 Å². The second-order valence-corrected chi connectivity index (χ2v) is 5.85. The summed E-state index contributed by atoms with van der Waals surface area (Å²) in [6.45, 7) is 6.82. The number of carboxylic acids is 1. The zero-order valence-corrected chi connectivity index (χ0v) is 13.0. The number of aryl methyl sites for hydroxylation is 3. The number of aliphatic carboxylic acids is 1. The van der Waals surface area contributed by atoms with Crippen molar-refractivity contribution in [2.75, 3.05) is 18.1 Å². The molecule has 0 aliphatic carbocycles. The van der Waals surface area contributed by atoms with Gasteiger partial charge in [-0.3, -0.25) is 9.59 Å². The second kappa shape index (κ2) is 7.94. The third-order valence-corrected chi connectivity index (χ3v) is 3.91. The van der Waals surface area contributed by atoms with Crippen LogP contribution < -0.4 is 5.32 Å². The van der Waals surface area contributed by atoms with Gasteiger partial charge in [0.25, 0.3) is 0 Å². The molecule has 110 valence electrons. The van der Waals surface area contributed by atoms with Gasteiger partial charge in [0.1, 0.15) is 0 Å². The Morgan fingerprint density at radius 1 is 1.15 bits per heavy atom. The summed E-state index contributed by atoms with van der Waals surface area (Å²) >= 11 is 1.11. The summed E-state index contributed by atoms with van der Waals surface area (Å²) in [5.74, 6) is -0.853. The summed E-state index contributed by atoms with van der Waals surface area (Å²) in [5.41, 5.74) is 5.01. The number of benzene rings is 1. The predicted molar refractivity (Wildman–Crippen MR) is 82.3 cm³/mol. The van der Waals surface area contributed by atoms with Crippen molar-refractivity contribution in [3.05, 3.63) is 34.4 Å². The zero-order valence-electron chi connectivity index (χ0n) is 12.2. The molecular weight excluding hydrogens is 274 g/mol. The number of amides is 1. The Morgan fingerprint density at radius 2 is 1.75 bits per heavy atom. The first kappa shape index (κ1) is 16.6. The van der Waals surface area contributed by atoms with E-state index in [2.05, 4.69) is 38.2 Å². The van der Waals surface area contributed by atoms with Crippen LogP contribution >= 0.6 is 11.8 Å². The van der Waals surface area contributed by atoms with E-state index in [-0.39, 0.29) is 17.4 Å². The highest BCUT2D eigenvalue weighted by atomic mass is 32.2. The Morgan fingerprint density at radius 3 is 2.30 bits per heavy atom. The summed E-state index contributed by atoms with van der Waals surface area (Å²) in [6.07, 6.45) is 0.799. The second-order valence-electron chi connectivity index (χ2n) is 4.86. The van der Waals surface area contributed by atoms with Gasteiger partial charge < -0.3 is 10.4 Å². The van der Waals surface area contributed by atoms with Crippen molar-refractivity contribution in [2.45, 2.75) is 27.2 Å². The van der Waals surface area contributed by atoms with Gasteiger partial charge in [-0.05, 0) is 43.9 Å². The van der Waals surface area contributed by atoms with E-state index in [1.165, 1.54) is 22.3 Å². The van der Waals surface area contributed by atoms with Crippen LogP contribution in [0, 0.1) is 20.8 Å². The quantitative estimate of drug-likeness (QED) is 0.808. The largest absolute Gasteiger partial charge is 0.481 e. The van der Waals surface area contributed by atoms with E-state index in [0.29, 0.717) is 6.54 Å². The summed E-state index contributed by atoms with van der Waals surface area (Å²) in [7, 11) is 0. The van der Waals surface area contributed by atoms with E-state index in [1.54, 1.807) is 0 Å². The van der Waals surface area contributed by atoms with Gasteiger partial charge in [-0.15, -0.1) is 11.8 Å². The summed E-state index contributed by atoms with van der Waals surface area (Å²) in [6, 6.07) is 4.29. The summed E-state index contributed by atoms with van der Waals surface area (Å²) in [5, 5.41) is 11.3. The fourth-order valence-electron chi connectivity index (χ4n) is 2.21. The Labute approximate surface area is 124 Å². The van der Waals surface area contributed by atoms with Crippen LogP contribution in [0.2, 0.25) is 0 Å². The normalized spacial score (nSPS) is 10.3. The maximum absolute atomic E-state index is 11.5. The number of nitrogens with one attached hydrogen (secondary N) is 1. The van der Waals surface area contributed by atoms with Crippen molar-refractivity contribution < 1.29 is 14.7 Å². The Kier molecular flexibility index (Phi) is 6.58. The summed E-state index contributed by atoms with van der Waals surface area (Å²) in [4.78, 5) is 21.8. The van der Waals surface area contributed by atoms with Crippen LogP contribution in [-0.2, 0) is 16.0 Å². The molecule has 1 amide bonds. The zero-order chi connectivity index (χ0) is 15.1. The molecule has 1 aromatic carbocycles. The van der Waals surface area contributed by atoms with E-state index in [4.69, 9.17) is 5.11 Å². The minimum Gasteiger partial charge on any atom is -0.481 e. The van der Waals surface area contributed by atoms with Crippen LogP contribution in [0.4, 0.5) is 0 Å². The highest BCUT2D eigenvalue weighted by Crippen LogP contribution is 2.16. The van der Waals surface area contributed by atoms with Crippen LogP contribution in [0.25, 0.3) is 0 Å². The molecule has 20 heavy (non-hydrogen) atoms. The molecule has 1 rings (SSSR count). The van der Waals surface area contributed by atoms with Gasteiger partial charge in [-0.1, -0.05) is 17.7 Å². The SMILES string of the molecule is Cc1cc(C)c(CCNC(=O)CSCC(=O)O)c(C)c1. The molecule has 0 fully saturated rings.